The van der Waals surface area contributed by atoms with Gasteiger partial charge in [0.1, 0.15) is 0 Å². The third-order valence-corrected chi connectivity index (χ3v) is 3.12. The van der Waals surface area contributed by atoms with Crippen LogP contribution < -0.4 is 5.32 Å². The molecule has 0 spiro atoms. The number of unbranched alkanes of at least 4 members (excludes halogenated alkanes) is 1. The lowest BCUT2D eigenvalue weighted by Gasteiger charge is -2.23. The molecular weight excluding hydrogens is 200 g/mol. The first-order valence-corrected chi connectivity index (χ1v) is 6.52. The number of nitrogens with zero attached hydrogens (tertiary/aromatic N) is 1. The van der Waals surface area contributed by atoms with Gasteiger partial charge in [0, 0.05) is 18.2 Å². The van der Waals surface area contributed by atoms with Crippen LogP contribution in [0.25, 0.3) is 0 Å². The Hall–Kier alpha value is -0.120. The maximum Gasteiger partial charge on any atom is 0.0622 e. The maximum atomic E-state index is 5.40. The second kappa shape index (κ2) is 6.58. The predicted molar refractivity (Wildman–Crippen MR) is 68.8 cm³/mol. The topological polar surface area (TPSA) is 24.5 Å². The fraction of sp³-hybridized carbons (Fsp3) is 1.00. The molecular formula is C13H28N2O. The molecule has 1 aliphatic heterocycles. The fourth-order valence-corrected chi connectivity index (χ4v) is 2.00. The number of ether oxygens (including phenoxy) is 1. The van der Waals surface area contributed by atoms with Gasteiger partial charge in [-0.15, -0.1) is 0 Å². The van der Waals surface area contributed by atoms with Gasteiger partial charge in [-0.3, -0.25) is 0 Å². The van der Waals surface area contributed by atoms with Gasteiger partial charge in [-0.1, -0.05) is 0 Å². The highest BCUT2D eigenvalue weighted by Crippen LogP contribution is 2.11. The molecule has 96 valence electrons. The predicted octanol–water partition coefficient (Wildman–Crippen LogP) is 1.88. The van der Waals surface area contributed by atoms with Gasteiger partial charge in [0.25, 0.3) is 0 Å². The van der Waals surface area contributed by atoms with Crippen molar-refractivity contribution >= 4 is 0 Å². The molecule has 3 heteroatoms. The molecule has 1 heterocycles. The van der Waals surface area contributed by atoms with Gasteiger partial charge in [0.2, 0.25) is 0 Å². The van der Waals surface area contributed by atoms with Crippen molar-refractivity contribution in [3.63, 3.8) is 0 Å². The van der Waals surface area contributed by atoms with Crippen molar-refractivity contribution in [3.8, 4) is 0 Å². The van der Waals surface area contributed by atoms with Crippen LogP contribution in [0.5, 0.6) is 0 Å². The van der Waals surface area contributed by atoms with Gasteiger partial charge < -0.3 is 15.0 Å². The van der Waals surface area contributed by atoms with Gasteiger partial charge in [-0.2, -0.15) is 0 Å². The van der Waals surface area contributed by atoms with Gasteiger partial charge in [0.15, 0.2) is 0 Å². The van der Waals surface area contributed by atoms with Crippen molar-refractivity contribution in [1.29, 1.82) is 0 Å². The van der Waals surface area contributed by atoms with E-state index in [1.54, 1.807) is 0 Å². The second-order valence-electron chi connectivity index (χ2n) is 5.88. The van der Waals surface area contributed by atoms with Gasteiger partial charge in [-0.05, 0) is 60.2 Å². The first kappa shape index (κ1) is 13.9. The summed E-state index contributed by atoms with van der Waals surface area (Å²) in [7, 11) is 2.22. The highest BCUT2D eigenvalue weighted by molar-refractivity contribution is 4.73. The van der Waals surface area contributed by atoms with Crippen LogP contribution >= 0.6 is 0 Å². The molecule has 1 unspecified atom stereocenters. The monoisotopic (exact) mass is 228 g/mol. The normalized spacial score (nSPS) is 21.9. The molecule has 0 aromatic rings. The maximum absolute atomic E-state index is 5.40. The minimum Gasteiger partial charge on any atom is -0.380 e. The number of rotatable bonds is 6. The SMILES string of the molecule is CN(CCCCNC(C)(C)C)C1CCOC1. The summed E-state index contributed by atoms with van der Waals surface area (Å²) in [6, 6.07) is 0.663. The lowest BCUT2D eigenvalue weighted by molar-refractivity contribution is 0.158. The lowest BCUT2D eigenvalue weighted by Crippen LogP contribution is -2.37. The van der Waals surface area contributed by atoms with Gasteiger partial charge in [-0.25, -0.2) is 0 Å². The largest absolute Gasteiger partial charge is 0.380 e. The van der Waals surface area contributed by atoms with E-state index in [1.165, 1.54) is 25.8 Å². The third-order valence-electron chi connectivity index (χ3n) is 3.12. The summed E-state index contributed by atoms with van der Waals surface area (Å²) < 4.78 is 5.40. The van der Waals surface area contributed by atoms with Crippen molar-refractivity contribution in [3.05, 3.63) is 0 Å². The zero-order chi connectivity index (χ0) is 12.0. The third kappa shape index (κ3) is 5.83. The van der Waals surface area contributed by atoms with E-state index in [0.29, 0.717) is 6.04 Å². The fourth-order valence-electron chi connectivity index (χ4n) is 2.00. The molecule has 16 heavy (non-hydrogen) atoms. The second-order valence-corrected chi connectivity index (χ2v) is 5.88. The number of hydrogen-bond acceptors (Lipinski definition) is 3. The quantitative estimate of drug-likeness (QED) is 0.703. The van der Waals surface area contributed by atoms with E-state index in [1.807, 2.05) is 0 Å². The molecule has 0 aliphatic carbocycles. The minimum atomic E-state index is 0.255. The summed E-state index contributed by atoms with van der Waals surface area (Å²) in [6.45, 7) is 10.8. The van der Waals surface area contributed by atoms with Gasteiger partial charge in [0.05, 0.1) is 6.61 Å². The summed E-state index contributed by atoms with van der Waals surface area (Å²) in [5, 5.41) is 3.52. The van der Waals surface area contributed by atoms with Crippen molar-refractivity contribution in [2.24, 2.45) is 0 Å². The Bertz CT molecular complexity index is 183. The Morgan fingerprint density at radius 2 is 2.06 bits per heavy atom. The van der Waals surface area contributed by atoms with E-state index in [2.05, 4.69) is 38.0 Å². The average Bonchev–Trinajstić information content (AvgIpc) is 2.67. The molecule has 1 N–H and O–H groups in total. The van der Waals surface area contributed by atoms with E-state index < -0.39 is 0 Å². The molecule has 1 atom stereocenters. The lowest BCUT2D eigenvalue weighted by atomic mass is 10.1. The zero-order valence-corrected chi connectivity index (χ0v) is 11.4. The summed E-state index contributed by atoms with van der Waals surface area (Å²) in [6.07, 6.45) is 3.74. The number of nitrogens with one attached hydrogen (secondary N) is 1. The summed E-state index contributed by atoms with van der Waals surface area (Å²) >= 11 is 0. The highest BCUT2D eigenvalue weighted by Gasteiger charge is 2.19. The average molecular weight is 228 g/mol. The summed E-state index contributed by atoms with van der Waals surface area (Å²) in [5.74, 6) is 0. The Labute approximate surface area is 101 Å². The Morgan fingerprint density at radius 3 is 2.62 bits per heavy atom. The van der Waals surface area contributed by atoms with Crippen LogP contribution in [0.1, 0.15) is 40.0 Å². The molecule has 1 fully saturated rings. The standard InChI is InChI=1S/C13H28N2O/c1-13(2,3)14-8-5-6-9-15(4)12-7-10-16-11-12/h12,14H,5-11H2,1-4H3. The first-order valence-electron chi connectivity index (χ1n) is 6.52. The molecule has 1 saturated heterocycles. The van der Waals surface area contributed by atoms with Crippen LogP contribution in [0.3, 0.4) is 0 Å². The smallest absolute Gasteiger partial charge is 0.0622 e. The van der Waals surface area contributed by atoms with Crippen LogP contribution in [0, 0.1) is 0 Å². The molecule has 1 aliphatic rings. The Balaban J connectivity index is 1.98. The van der Waals surface area contributed by atoms with Crippen molar-refractivity contribution < 1.29 is 4.74 Å². The molecule has 0 aromatic heterocycles. The Morgan fingerprint density at radius 1 is 1.31 bits per heavy atom. The molecule has 1 rings (SSSR count). The molecule has 0 bridgehead atoms. The number of likely N-dealkylation sites (N-methyl/N-ethyl adjacent to an activating group) is 1. The number of hydrogen-bond donors (Lipinski definition) is 1. The summed E-state index contributed by atoms with van der Waals surface area (Å²) in [4.78, 5) is 2.45. The molecule has 0 saturated carbocycles. The highest BCUT2D eigenvalue weighted by atomic mass is 16.5. The van der Waals surface area contributed by atoms with E-state index in [4.69, 9.17) is 4.74 Å². The zero-order valence-electron chi connectivity index (χ0n) is 11.4. The van der Waals surface area contributed by atoms with E-state index >= 15 is 0 Å². The van der Waals surface area contributed by atoms with Crippen LogP contribution in [-0.2, 0) is 4.74 Å². The van der Waals surface area contributed by atoms with Crippen LogP contribution in [0.15, 0.2) is 0 Å². The molecule has 0 aromatic carbocycles. The van der Waals surface area contributed by atoms with E-state index in [-0.39, 0.29) is 5.54 Å². The van der Waals surface area contributed by atoms with Gasteiger partial charge >= 0.3 is 0 Å². The van der Waals surface area contributed by atoms with Crippen molar-refractivity contribution in [2.75, 3.05) is 33.4 Å². The van der Waals surface area contributed by atoms with Crippen LogP contribution in [-0.4, -0.2) is 49.8 Å². The van der Waals surface area contributed by atoms with Crippen LogP contribution in [0.2, 0.25) is 0 Å². The molecule has 3 nitrogen and oxygen atoms in total. The van der Waals surface area contributed by atoms with Crippen molar-refractivity contribution in [2.45, 2.75) is 51.6 Å². The first-order chi connectivity index (χ1) is 7.49. The Kier molecular flexibility index (Phi) is 5.73. The molecule has 0 amide bonds. The summed E-state index contributed by atoms with van der Waals surface area (Å²) in [5.41, 5.74) is 0.255. The molecule has 0 radical (unpaired) electrons. The van der Waals surface area contributed by atoms with E-state index in [0.717, 1.165) is 19.8 Å². The van der Waals surface area contributed by atoms with Crippen LogP contribution in [0.4, 0.5) is 0 Å². The minimum absolute atomic E-state index is 0.255. The van der Waals surface area contributed by atoms with Crippen molar-refractivity contribution in [1.82, 2.24) is 10.2 Å². The van der Waals surface area contributed by atoms with E-state index in [9.17, 15) is 0 Å².